The van der Waals surface area contributed by atoms with E-state index in [2.05, 4.69) is 16.0 Å². The van der Waals surface area contributed by atoms with Crippen LogP contribution < -0.4 is 16.0 Å². The third kappa shape index (κ3) is 5.60. The van der Waals surface area contributed by atoms with Gasteiger partial charge in [-0.25, -0.2) is 12.8 Å². The fourth-order valence-electron chi connectivity index (χ4n) is 2.35. The summed E-state index contributed by atoms with van der Waals surface area (Å²) in [5.41, 5.74) is 0.421. The van der Waals surface area contributed by atoms with Gasteiger partial charge in [-0.05, 0) is 37.4 Å². The molecule has 8 heteroatoms. The van der Waals surface area contributed by atoms with E-state index in [-0.39, 0.29) is 9.92 Å². The molecule has 0 amide bonds. The number of hydrogen-bond acceptors (Lipinski definition) is 5. The zero-order chi connectivity index (χ0) is 16.9. The van der Waals surface area contributed by atoms with Gasteiger partial charge in [-0.2, -0.15) is 0 Å². The molecule has 5 nitrogen and oxygen atoms in total. The van der Waals surface area contributed by atoms with Gasteiger partial charge in [-0.1, -0.05) is 11.6 Å². The first-order valence-electron chi connectivity index (χ1n) is 7.72. The Morgan fingerprint density at radius 1 is 1.30 bits per heavy atom. The average molecular weight is 364 g/mol. The lowest BCUT2D eigenvalue weighted by molar-refractivity contribution is 0.331. The predicted molar refractivity (Wildman–Crippen MR) is 91.5 cm³/mol. The highest BCUT2D eigenvalue weighted by Gasteiger charge is 2.17. The minimum atomic E-state index is -3.61. The number of anilines is 1. The van der Waals surface area contributed by atoms with Crippen molar-refractivity contribution in [1.82, 2.24) is 10.6 Å². The third-order valence-electron chi connectivity index (χ3n) is 3.82. The topological polar surface area (TPSA) is 70.2 Å². The van der Waals surface area contributed by atoms with Gasteiger partial charge in [0.25, 0.3) is 0 Å². The highest BCUT2D eigenvalue weighted by Crippen LogP contribution is 2.28. The zero-order valence-electron chi connectivity index (χ0n) is 13.2. The molecule has 0 aromatic heterocycles. The lowest BCUT2D eigenvalue weighted by Crippen LogP contribution is -2.47. The molecule has 1 heterocycles. The summed E-state index contributed by atoms with van der Waals surface area (Å²) in [6.07, 6.45) is 2.89. The minimum Gasteiger partial charge on any atom is -0.384 e. The molecule has 1 aromatic rings. The van der Waals surface area contributed by atoms with Gasteiger partial charge in [0.05, 0.1) is 10.7 Å². The molecule has 0 aliphatic carbocycles. The average Bonchev–Trinajstić information content (AvgIpc) is 2.41. The minimum absolute atomic E-state index is 0.211. The van der Waals surface area contributed by atoms with E-state index in [4.69, 9.17) is 11.6 Å². The number of benzene rings is 1. The lowest BCUT2D eigenvalue weighted by Gasteiger charge is -2.27. The number of halogens is 2. The van der Waals surface area contributed by atoms with Gasteiger partial charge in [0, 0.05) is 32.4 Å². The first-order valence-corrected chi connectivity index (χ1v) is 9.99. The zero-order valence-corrected chi connectivity index (χ0v) is 14.7. The van der Waals surface area contributed by atoms with E-state index < -0.39 is 15.7 Å². The van der Waals surface area contributed by atoms with Crippen molar-refractivity contribution in [3.05, 3.63) is 23.0 Å². The Kier molecular flexibility index (Phi) is 6.64. The van der Waals surface area contributed by atoms with Gasteiger partial charge in [0.2, 0.25) is 0 Å². The molecule has 1 aliphatic rings. The number of rotatable bonds is 9. The Hall–Kier alpha value is -0.890. The smallest absolute Gasteiger partial charge is 0.178 e. The van der Waals surface area contributed by atoms with Crippen LogP contribution in [-0.2, 0) is 9.84 Å². The number of unbranched alkanes of at least 4 members (excludes halogenated alkanes) is 1. The molecule has 1 saturated heterocycles. The van der Waals surface area contributed by atoms with Crippen LogP contribution in [0.5, 0.6) is 0 Å². The van der Waals surface area contributed by atoms with Crippen molar-refractivity contribution >= 4 is 27.1 Å². The van der Waals surface area contributed by atoms with Crippen LogP contribution in [0, 0.1) is 11.7 Å². The molecule has 1 aromatic carbocycles. The van der Waals surface area contributed by atoms with Gasteiger partial charge in [-0.15, -0.1) is 0 Å². The molecule has 1 fully saturated rings. The van der Waals surface area contributed by atoms with Gasteiger partial charge < -0.3 is 16.0 Å². The fourth-order valence-corrected chi connectivity index (χ4v) is 3.39. The van der Waals surface area contributed by atoms with Crippen LogP contribution in [0.4, 0.5) is 10.1 Å². The third-order valence-corrected chi connectivity index (χ3v) is 5.24. The molecule has 23 heavy (non-hydrogen) atoms. The standard InChI is InChI=1S/C15H23ClFN3O2S/c1-23(21,22)15-6-12(16)14(7-13(15)17)20-5-3-2-4-18-8-11-9-19-10-11/h6-7,11,18-20H,2-5,8-10H2,1H3. The van der Waals surface area contributed by atoms with Crippen LogP contribution in [0.25, 0.3) is 0 Å². The molecule has 130 valence electrons. The second-order valence-corrected chi connectivity index (χ2v) is 8.29. The Morgan fingerprint density at radius 3 is 2.61 bits per heavy atom. The lowest BCUT2D eigenvalue weighted by atomic mass is 10.0. The second-order valence-electron chi connectivity index (χ2n) is 5.90. The van der Waals surface area contributed by atoms with Crippen LogP contribution in [0.3, 0.4) is 0 Å². The summed E-state index contributed by atoms with van der Waals surface area (Å²) < 4.78 is 36.7. The first kappa shape index (κ1) is 18.4. The molecule has 0 radical (unpaired) electrons. The van der Waals surface area contributed by atoms with Gasteiger partial charge >= 0.3 is 0 Å². The maximum Gasteiger partial charge on any atom is 0.178 e. The van der Waals surface area contributed by atoms with Crippen LogP contribution >= 0.6 is 11.6 Å². The fraction of sp³-hybridized carbons (Fsp3) is 0.600. The predicted octanol–water partition coefficient (Wildman–Crippen LogP) is 1.88. The molecule has 0 atom stereocenters. The normalized spacial score (nSPS) is 15.4. The number of nitrogens with one attached hydrogen (secondary N) is 3. The van der Waals surface area contributed by atoms with Crippen molar-refractivity contribution in [2.45, 2.75) is 17.7 Å². The van der Waals surface area contributed by atoms with E-state index in [1.54, 1.807) is 0 Å². The van der Waals surface area contributed by atoms with Crippen molar-refractivity contribution in [2.75, 3.05) is 44.3 Å². The van der Waals surface area contributed by atoms with E-state index in [9.17, 15) is 12.8 Å². The van der Waals surface area contributed by atoms with E-state index in [1.165, 1.54) is 0 Å². The van der Waals surface area contributed by atoms with E-state index in [0.29, 0.717) is 12.2 Å². The van der Waals surface area contributed by atoms with Gasteiger partial charge in [0.1, 0.15) is 10.7 Å². The van der Waals surface area contributed by atoms with Crippen molar-refractivity contribution in [2.24, 2.45) is 5.92 Å². The highest BCUT2D eigenvalue weighted by molar-refractivity contribution is 7.90. The Balaban J connectivity index is 1.72. The van der Waals surface area contributed by atoms with Gasteiger partial charge in [-0.3, -0.25) is 0 Å². The molecule has 0 spiro atoms. The molecule has 2 rings (SSSR count). The molecular weight excluding hydrogens is 341 g/mol. The van der Waals surface area contributed by atoms with Crippen LogP contribution in [0.1, 0.15) is 12.8 Å². The van der Waals surface area contributed by atoms with Gasteiger partial charge in [0.15, 0.2) is 9.84 Å². The summed E-state index contributed by atoms with van der Waals surface area (Å²) in [5, 5.41) is 9.90. The van der Waals surface area contributed by atoms with Crippen molar-refractivity contribution < 1.29 is 12.8 Å². The summed E-state index contributed by atoms with van der Waals surface area (Å²) in [6.45, 7) is 4.85. The Labute approximate surface area is 141 Å². The summed E-state index contributed by atoms with van der Waals surface area (Å²) in [7, 11) is -3.61. The second kappa shape index (κ2) is 8.28. The first-order chi connectivity index (χ1) is 10.9. The highest BCUT2D eigenvalue weighted by atomic mass is 35.5. The van der Waals surface area contributed by atoms with E-state index in [0.717, 1.165) is 63.3 Å². The van der Waals surface area contributed by atoms with E-state index >= 15 is 0 Å². The largest absolute Gasteiger partial charge is 0.384 e. The molecule has 0 bridgehead atoms. The van der Waals surface area contributed by atoms with E-state index in [1.807, 2.05) is 0 Å². The van der Waals surface area contributed by atoms with Crippen molar-refractivity contribution in [1.29, 1.82) is 0 Å². The maximum atomic E-state index is 13.8. The number of hydrogen-bond donors (Lipinski definition) is 3. The summed E-state index contributed by atoms with van der Waals surface area (Å²) in [5.74, 6) is -0.0292. The SMILES string of the molecule is CS(=O)(=O)c1cc(Cl)c(NCCCCNCC2CNC2)cc1F. The Morgan fingerprint density at radius 2 is 2.00 bits per heavy atom. The van der Waals surface area contributed by atoms with Crippen LogP contribution in [-0.4, -0.2) is 47.4 Å². The maximum absolute atomic E-state index is 13.8. The molecule has 0 unspecified atom stereocenters. The molecule has 1 aliphatic heterocycles. The molecular formula is C15H23ClFN3O2S. The molecule has 3 N–H and O–H groups in total. The van der Waals surface area contributed by atoms with Crippen molar-refractivity contribution in [3.63, 3.8) is 0 Å². The monoisotopic (exact) mass is 363 g/mol. The van der Waals surface area contributed by atoms with Crippen molar-refractivity contribution in [3.8, 4) is 0 Å². The Bertz CT molecular complexity index is 636. The molecule has 0 saturated carbocycles. The van der Waals surface area contributed by atoms with Crippen LogP contribution in [0.2, 0.25) is 5.02 Å². The van der Waals surface area contributed by atoms with Crippen LogP contribution in [0.15, 0.2) is 17.0 Å². The summed E-state index contributed by atoms with van der Waals surface area (Å²) in [4.78, 5) is -0.372. The summed E-state index contributed by atoms with van der Waals surface area (Å²) >= 11 is 6.02. The number of sulfone groups is 1. The summed E-state index contributed by atoms with van der Waals surface area (Å²) in [6, 6.07) is 2.29. The quantitative estimate of drug-likeness (QED) is 0.584.